The highest BCUT2D eigenvalue weighted by atomic mass is 15.0. The molecule has 0 bridgehead atoms. The topological polar surface area (TPSA) is 61.8 Å². The van der Waals surface area contributed by atoms with Crippen LogP contribution in [0.5, 0.6) is 0 Å². The predicted octanol–water partition coefficient (Wildman–Crippen LogP) is -0.0820. The molecule has 0 aromatic heterocycles. The molecule has 0 radical (unpaired) electrons. The molecule has 3 heteroatoms. The standard InChI is InChI=1S/C5H9N3/c1-4(3-6)8-5(2)7/h4,8H,2,7H2,1H3. The van der Waals surface area contributed by atoms with Gasteiger partial charge < -0.3 is 11.1 Å². The Hall–Kier alpha value is -1.17. The molecule has 0 aliphatic rings. The van der Waals surface area contributed by atoms with E-state index in [9.17, 15) is 0 Å². The van der Waals surface area contributed by atoms with Gasteiger partial charge in [-0.2, -0.15) is 5.26 Å². The van der Waals surface area contributed by atoms with Crippen LogP contribution in [0.2, 0.25) is 0 Å². The first-order valence-corrected chi connectivity index (χ1v) is 2.27. The van der Waals surface area contributed by atoms with Crippen molar-refractivity contribution < 1.29 is 0 Å². The van der Waals surface area contributed by atoms with E-state index in [2.05, 4.69) is 11.9 Å². The minimum Gasteiger partial charge on any atom is -0.386 e. The molecule has 0 rings (SSSR count). The second-order valence-corrected chi connectivity index (χ2v) is 1.52. The molecule has 0 aliphatic carbocycles. The lowest BCUT2D eigenvalue weighted by molar-refractivity contribution is 0.734. The minimum absolute atomic E-state index is 0.243. The summed E-state index contributed by atoms with van der Waals surface area (Å²) in [5, 5.41) is 10.8. The van der Waals surface area contributed by atoms with E-state index >= 15 is 0 Å². The molecule has 3 N–H and O–H groups in total. The summed E-state index contributed by atoms with van der Waals surface area (Å²) in [5.74, 6) is 0.332. The van der Waals surface area contributed by atoms with Gasteiger partial charge in [-0.15, -0.1) is 0 Å². The molecule has 44 valence electrons. The third-order valence-electron chi connectivity index (χ3n) is 0.596. The van der Waals surface area contributed by atoms with E-state index in [0.717, 1.165) is 0 Å². The number of nitrogens with zero attached hydrogens (tertiary/aromatic N) is 1. The summed E-state index contributed by atoms with van der Waals surface area (Å²) in [4.78, 5) is 0. The van der Waals surface area contributed by atoms with Crippen LogP contribution in [0.1, 0.15) is 6.92 Å². The summed E-state index contributed by atoms with van der Waals surface area (Å²) in [5.41, 5.74) is 5.11. The van der Waals surface area contributed by atoms with Crippen molar-refractivity contribution in [2.24, 2.45) is 5.73 Å². The molecule has 0 heterocycles. The van der Waals surface area contributed by atoms with Gasteiger partial charge in [-0.25, -0.2) is 0 Å². The van der Waals surface area contributed by atoms with Gasteiger partial charge in [0, 0.05) is 0 Å². The van der Waals surface area contributed by atoms with Crippen molar-refractivity contribution in [3.05, 3.63) is 12.4 Å². The fourth-order valence-corrected chi connectivity index (χ4v) is 0.310. The highest BCUT2D eigenvalue weighted by molar-refractivity contribution is 4.94. The highest BCUT2D eigenvalue weighted by Gasteiger charge is 1.93. The van der Waals surface area contributed by atoms with E-state index in [0.29, 0.717) is 5.82 Å². The van der Waals surface area contributed by atoms with Gasteiger partial charge in [-0.05, 0) is 6.92 Å². The largest absolute Gasteiger partial charge is 0.386 e. The van der Waals surface area contributed by atoms with Gasteiger partial charge in [0.2, 0.25) is 0 Å². The first-order chi connectivity index (χ1) is 3.66. The Morgan fingerprint density at radius 3 is 2.62 bits per heavy atom. The Kier molecular flexibility index (Phi) is 2.49. The molecule has 0 spiro atoms. The van der Waals surface area contributed by atoms with Crippen molar-refractivity contribution in [3.8, 4) is 6.07 Å². The maximum Gasteiger partial charge on any atom is 0.112 e. The van der Waals surface area contributed by atoms with E-state index in [1.165, 1.54) is 0 Å². The Morgan fingerprint density at radius 1 is 2.00 bits per heavy atom. The van der Waals surface area contributed by atoms with Gasteiger partial charge in [-0.3, -0.25) is 0 Å². The van der Waals surface area contributed by atoms with Crippen molar-refractivity contribution >= 4 is 0 Å². The Balaban J connectivity index is 3.43. The molecule has 0 aromatic carbocycles. The normalized spacial score (nSPS) is 11.5. The van der Waals surface area contributed by atoms with Gasteiger partial charge in [-0.1, -0.05) is 6.58 Å². The number of hydrogen-bond donors (Lipinski definition) is 2. The highest BCUT2D eigenvalue weighted by Crippen LogP contribution is 1.77. The molecule has 0 saturated heterocycles. The maximum absolute atomic E-state index is 8.17. The fourth-order valence-electron chi connectivity index (χ4n) is 0.310. The van der Waals surface area contributed by atoms with Crippen molar-refractivity contribution in [3.63, 3.8) is 0 Å². The van der Waals surface area contributed by atoms with Crippen LogP contribution in [0.4, 0.5) is 0 Å². The van der Waals surface area contributed by atoms with Crippen LogP contribution in [-0.2, 0) is 0 Å². The molecular formula is C5H9N3. The predicted molar refractivity (Wildman–Crippen MR) is 31.5 cm³/mol. The van der Waals surface area contributed by atoms with Gasteiger partial charge in [0.15, 0.2) is 0 Å². The lowest BCUT2D eigenvalue weighted by atomic mass is 10.4. The summed E-state index contributed by atoms with van der Waals surface area (Å²) in [6, 6.07) is 1.70. The van der Waals surface area contributed by atoms with Crippen LogP contribution in [0.3, 0.4) is 0 Å². The Morgan fingerprint density at radius 2 is 2.50 bits per heavy atom. The smallest absolute Gasteiger partial charge is 0.112 e. The Labute approximate surface area is 48.8 Å². The number of nitrogens with two attached hydrogens (primary N) is 1. The van der Waals surface area contributed by atoms with Gasteiger partial charge >= 0.3 is 0 Å². The second kappa shape index (κ2) is 2.92. The molecule has 0 fully saturated rings. The zero-order chi connectivity index (χ0) is 6.57. The molecule has 0 amide bonds. The number of hydrogen-bond acceptors (Lipinski definition) is 3. The third-order valence-corrected chi connectivity index (χ3v) is 0.596. The minimum atomic E-state index is -0.243. The van der Waals surface area contributed by atoms with E-state index in [4.69, 9.17) is 11.0 Å². The van der Waals surface area contributed by atoms with E-state index in [1.54, 1.807) is 6.92 Å². The average molecular weight is 111 g/mol. The average Bonchev–Trinajstić information content (AvgIpc) is 1.65. The molecule has 0 saturated carbocycles. The third kappa shape index (κ3) is 3.04. The van der Waals surface area contributed by atoms with E-state index in [1.807, 2.05) is 6.07 Å². The molecule has 0 aliphatic heterocycles. The maximum atomic E-state index is 8.17. The number of nitriles is 1. The van der Waals surface area contributed by atoms with Crippen LogP contribution in [0.15, 0.2) is 12.4 Å². The van der Waals surface area contributed by atoms with E-state index in [-0.39, 0.29) is 6.04 Å². The van der Waals surface area contributed by atoms with Gasteiger partial charge in [0.1, 0.15) is 6.04 Å². The summed E-state index contributed by atoms with van der Waals surface area (Å²) in [6.45, 7) is 5.07. The monoisotopic (exact) mass is 111 g/mol. The van der Waals surface area contributed by atoms with Crippen LogP contribution >= 0.6 is 0 Å². The summed E-state index contributed by atoms with van der Waals surface area (Å²) < 4.78 is 0. The van der Waals surface area contributed by atoms with Crippen molar-refractivity contribution in [1.82, 2.24) is 5.32 Å². The SMILES string of the molecule is C=C(N)NC(C)C#N. The van der Waals surface area contributed by atoms with Crippen molar-refractivity contribution in [1.29, 1.82) is 5.26 Å². The van der Waals surface area contributed by atoms with E-state index < -0.39 is 0 Å². The van der Waals surface area contributed by atoms with Crippen molar-refractivity contribution in [2.75, 3.05) is 0 Å². The summed E-state index contributed by atoms with van der Waals surface area (Å²) >= 11 is 0. The fraction of sp³-hybridized carbons (Fsp3) is 0.400. The van der Waals surface area contributed by atoms with Crippen molar-refractivity contribution in [2.45, 2.75) is 13.0 Å². The number of rotatable bonds is 2. The lowest BCUT2D eigenvalue weighted by Gasteiger charge is -2.03. The first kappa shape index (κ1) is 6.83. The van der Waals surface area contributed by atoms with Gasteiger partial charge in [0.05, 0.1) is 11.9 Å². The molecule has 1 unspecified atom stereocenters. The molecule has 1 atom stereocenters. The number of nitrogens with one attached hydrogen (secondary N) is 1. The van der Waals surface area contributed by atoms with Crippen LogP contribution in [0, 0.1) is 11.3 Å². The molecule has 8 heavy (non-hydrogen) atoms. The zero-order valence-corrected chi connectivity index (χ0v) is 4.81. The van der Waals surface area contributed by atoms with Crippen LogP contribution < -0.4 is 11.1 Å². The zero-order valence-electron chi connectivity index (χ0n) is 4.81. The summed E-state index contributed by atoms with van der Waals surface area (Å²) in [6.07, 6.45) is 0. The van der Waals surface area contributed by atoms with Gasteiger partial charge in [0.25, 0.3) is 0 Å². The quantitative estimate of drug-likeness (QED) is 0.523. The lowest BCUT2D eigenvalue weighted by Crippen LogP contribution is -2.27. The molecule has 0 aromatic rings. The first-order valence-electron chi connectivity index (χ1n) is 2.27. The molecular weight excluding hydrogens is 102 g/mol. The second-order valence-electron chi connectivity index (χ2n) is 1.52. The summed E-state index contributed by atoms with van der Waals surface area (Å²) in [7, 11) is 0. The van der Waals surface area contributed by atoms with Crippen LogP contribution in [0.25, 0.3) is 0 Å². The van der Waals surface area contributed by atoms with Crippen LogP contribution in [-0.4, -0.2) is 6.04 Å². The Bertz CT molecular complexity index is 122. The molecule has 3 nitrogen and oxygen atoms in total.